The Balaban J connectivity index is 2.12. The molecular formula is C11H15ClN6S. The van der Waals surface area contributed by atoms with E-state index in [9.17, 15) is 0 Å². The van der Waals surface area contributed by atoms with Crippen LogP contribution in [0.2, 0.25) is 5.28 Å². The molecule has 2 heterocycles. The molecule has 0 aromatic carbocycles. The van der Waals surface area contributed by atoms with Crippen molar-refractivity contribution < 1.29 is 0 Å². The summed E-state index contributed by atoms with van der Waals surface area (Å²) in [4.78, 5) is 18.8. The molecule has 0 aliphatic rings. The largest absolute Gasteiger partial charge is 0.348 e. The third kappa shape index (κ3) is 3.74. The number of anilines is 2. The zero-order chi connectivity index (χ0) is 13.7. The molecule has 0 unspecified atom stereocenters. The summed E-state index contributed by atoms with van der Waals surface area (Å²) in [6.45, 7) is 6.30. The van der Waals surface area contributed by atoms with Crippen LogP contribution in [0.25, 0.3) is 0 Å². The first-order valence-corrected chi connectivity index (χ1v) is 7.32. The zero-order valence-corrected chi connectivity index (χ0v) is 12.4. The van der Waals surface area contributed by atoms with E-state index in [1.807, 2.05) is 24.1 Å². The first-order chi connectivity index (χ1) is 9.22. The van der Waals surface area contributed by atoms with Gasteiger partial charge in [0.05, 0.1) is 17.7 Å². The van der Waals surface area contributed by atoms with Crippen molar-refractivity contribution in [1.29, 1.82) is 0 Å². The first kappa shape index (κ1) is 14.0. The average Bonchev–Trinajstić information content (AvgIpc) is 2.90. The monoisotopic (exact) mass is 298 g/mol. The van der Waals surface area contributed by atoms with Gasteiger partial charge in [-0.25, -0.2) is 4.98 Å². The number of aromatic nitrogens is 4. The fraction of sp³-hybridized carbons (Fsp3) is 0.455. The number of hydrogen-bond donors (Lipinski definition) is 1. The van der Waals surface area contributed by atoms with E-state index in [1.165, 1.54) is 0 Å². The molecule has 0 spiro atoms. The fourth-order valence-corrected chi connectivity index (χ4v) is 2.28. The van der Waals surface area contributed by atoms with Crippen LogP contribution in [-0.4, -0.2) is 33.0 Å². The number of thiazole rings is 1. The maximum absolute atomic E-state index is 5.93. The quantitative estimate of drug-likeness (QED) is 0.883. The zero-order valence-electron chi connectivity index (χ0n) is 10.8. The van der Waals surface area contributed by atoms with Gasteiger partial charge in [0.1, 0.15) is 0 Å². The maximum atomic E-state index is 5.93. The van der Waals surface area contributed by atoms with Gasteiger partial charge in [-0.15, -0.1) is 11.3 Å². The van der Waals surface area contributed by atoms with Gasteiger partial charge in [0, 0.05) is 18.5 Å². The molecule has 0 bridgehead atoms. The molecule has 0 radical (unpaired) electrons. The topological polar surface area (TPSA) is 66.8 Å². The molecule has 0 aliphatic carbocycles. The molecule has 0 fully saturated rings. The van der Waals surface area contributed by atoms with Gasteiger partial charge in [0.2, 0.25) is 17.2 Å². The number of nitrogens with one attached hydrogen (secondary N) is 1. The van der Waals surface area contributed by atoms with Gasteiger partial charge in [0.25, 0.3) is 0 Å². The van der Waals surface area contributed by atoms with E-state index in [2.05, 4.69) is 25.3 Å². The summed E-state index contributed by atoms with van der Waals surface area (Å²) >= 11 is 7.48. The summed E-state index contributed by atoms with van der Waals surface area (Å²) in [5.74, 6) is 1.06. The predicted octanol–water partition coefficient (Wildman–Crippen LogP) is 2.44. The second-order valence-corrected chi connectivity index (χ2v) is 4.79. The van der Waals surface area contributed by atoms with Crippen molar-refractivity contribution >= 4 is 34.8 Å². The minimum absolute atomic E-state index is 0.192. The Hall–Kier alpha value is -1.47. The van der Waals surface area contributed by atoms with Crippen LogP contribution in [0.5, 0.6) is 0 Å². The molecule has 19 heavy (non-hydrogen) atoms. The van der Waals surface area contributed by atoms with Crippen molar-refractivity contribution in [3.63, 3.8) is 0 Å². The highest BCUT2D eigenvalue weighted by Crippen LogP contribution is 2.14. The minimum Gasteiger partial charge on any atom is -0.348 e. The summed E-state index contributed by atoms with van der Waals surface area (Å²) in [7, 11) is 0. The molecule has 102 valence electrons. The van der Waals surface area contributed by atoms with E-state index in [4.69, 9.17) is 11.6 Å². The number of rotatable bonds is 6. The van der Waals surface area contributed by atoms with Crippen LogP contribution in [-0.2, 0) is 6.54 Å². The smallest absolute Gasteiger partial charge is 0.231 e. The van der Waals surface area contributed by atoms with E-state index in [0.717, 1.165) is 18.8 Å². The lowest BCUT2D eigenvalue weighted by Crippen LogP contribution is -2.25. The van der Waals surface area contributed by atoms with Crippen molar-refractivity contribution in [3.05, 3.63) is 21.9 Å². The Labute approximate surface area is 120 Å². The Bertz CT molecular complexity index is 514. The summed E-state index contributed by atoms with van der Waals surface area (Å²) in [6.07, 6.45) is 0. The molecule has 0 saturated heterocycles. The van der Waals surface area contributed by atoms with Gasteiger partial charge in [-0.05, 0) is 25.4 Å². The molecule has 2 aromatic heterocycles. The van der Waals surface area contributed by atoms with E-state index in [0.29, 0.717) is 18.4 Å². The Kier molecular flexibility index (Phi) is 4.86. The third-order valence-corrected chi connectivity index (χ3v) is 3.36. The van der Waals surface area contributed by atoms with E-state index in [1.54, 1.807) is 16.8 Å². The number of halogens is 1. The van der Waals surface area contributed by atoms with Crippen molar-refractivity contribution in [1.82, 2.24) is 19.9 Å². The molecule has 2 rings (SSSR count). The second-order valence-electron chi connectivity index (χ2n) is 3.73. The van der Waals surface area contributed by atoms with Crippen LogP contribution in [0.4, 0.5) is 11.9 Å². The SMILES string of the molecule is CCN(CC)c1nc(Cl)nc(NCc2cscn2)n1. The Morgan fingerprint density at radius 2 is 2.05 bits per heavy atom. The van der Waals surface area contributed by atoms with E-state index >= 15 is 0 Å². The number of hydrogen-bond acceptors (Lipinski definition) is 7. The lowest BCUT2D eigenvalue weighted by molar-refractivity contribution is 0.810. The van der Waals surface area contributed by atoms with Gasteiger partial charge in [-0.3, -0.25) is 0 Å². The lowest BCUT2D eigenvalue weighted by atomic mass is 10.5. The van der Waals surface area contributed by atoms with Crippen LogP contribution in [0.1, 0.15) is 19.5 Å². The van der Waals surface area contributed by atoms with Crippen LogP contribution >= 0.6 is 22.9 Å². The third-order valence-electron chi connectivity index (χ3n) is 2.55. The molecule has 8 heteroatoms. The van der Waals surface area contributed by atoms with Crippen molar-refractivity contribution in [3.8, 4) is 0 Å². The molecule has 0 atom stereocenters. The van der Waals surface area contributed by atoms with Gasteiger partial charge in [0.15, 0.2) is 0 Å². The van der Waals surface area contributed by atoms with Gasteiger partial charge < -0.3 is 10.2 Å². The fourth-order valence-electron chi connectivity index (χ4n) is 1.56. The minimum atomic E-state index is 0.192. The molecule has 0 aliphatic heterocycles. The molecule has 1 N–H and O–H groups in total. The standard InChI is InChI=1S/C11H15ClN6S/c1-3-18(4-2)11-16-9(12)15-10(17-11)13-5-8-6-19-7-14-8/h6-7H,3-5H2,1-2H3,(H,13,15,16,17). The summed E-state index contributed by atoms with van der Waals surface area (Å²) in [5.41, 5.74) is 2.74. The summed E-state index contributed by atoms with van der Waals surface area (Å²) in [6, 6.07) is 0. The highest BCUT2D eigenvalue weighted by molar-refractivity contribution is 7.07. The van der Waals surface area contributed by atoms with Crippen molar-refractivity contribution in [2.24, 2.45) is 0 Å². The highest BCUT2D eigenvalue weighted by Gasteiger charge is 2.10. The highest BCUT2D eigenvalue weighted by atomic mass is 35.5. The van der Waals surface area contributed by atoms with Crippen LogP contribution in [0.3, 0.4) is 0 Å². The van der Waals surface area contributed by atoms with Crippen LogP contribution in [0.15, 0.2) is 10.9 Å². The second kappa shape index (κ2) is 6.63. The summed E-state index contributed by atoms with van der Waals surface area (Å²) in [5, 5.41) is 5.27. The molecule has 0 amide bonds. The summed E-state index contributed by atoms with van der Waals surface area (Å²) < 4.78 is 0. The maximum Gasteiger partial charge on any atom is 0.231 e. The molecular weight excluding hydrogens is 284 g/mol. The average molecular weight is 299 g/mol. The molecule has 2 aromatic rings. The molecule has 0 saturated carbocycles. The van der Waals surface area contributed by atoms with Crippen LogP contribution in [0, 0.1) is 0 Å². The number of nitrogens with zero attached hydrogens (tertiary/aromatic N) is 5. The van der Waals surface area contributed by atoms with Gasteiger partial charge >= 0.3 is 0 Å². The Morgan fingerprint density at radius 1 is 1.26 bits per heavy atom. The van der Waals surface area contributed by atoms with Crippen LogP contribution < -0.4 is 10.2 Å². The molecule has 6 nitrogen and oxygen atoms in total. The Morgan fingerprint density at radius 3 is 2.68 bits per heavy atom. The predicted molar refractivity (Wildman–Crippen MR) is 77.8 cm³/mol. The first-order valence-electron chi connectivity index (χ1n) is 6.00. The van der Waals surface area contributed by atoms with Crippen molar-refractivity contribution in [2.45, 2.75) is 20.4 Å². The van der Waals surface area contributed by atoms with E-state index < -0.39 is 0 Å². The van der Waals surface area contributed by atoms with Crippen molar-refractivity contribution in [2.75, 3.05) is 23.3 Å². The normalized spacial score (nSPS) is 10.5. The van der Waals surface area contributed by atoms with Gasteiger partial charge in [-0.1, -0.05) is 0 Å². The van der Waals surface area contributed by atoms with E-state index in [-0.39, 0.29) is 5.28 Å². The lowest BCUT2D eigenvalue weighted by Gasteiger charge is -2.18. The van der Waals surface area contributed by atoms with Gasteiger partial charge in [-0.2, -0.15) is 15.0 Å².